The van der Waals surface area contributed by atoms with Crippen LogP contribution in [-0.2, 0) is 20.7 Å². The van der Waals surface area contributed by atoms with Crippen LogP contribution in [0.3, 0.4) is 0 Å². The van der Waals surface area contributed by atoms with Crippen LogP contribution in [-0.4, -0.2) is 37.3 Å². The van der Waals surface area contributed by atoms with Crippen LogP contribution in [0.25, 0.3) is 0 Å². The zero-order valence-corrected chi connectivity index (χ0v) is 12.2. The minimum Gasteiger partial charge on any atom is -0.469 e. The summed E-state index contributed by atoms with van der Waals surface area (Å²) in [6, 6.07) is 0. The van der Waals surface area contributed by atoms with Gasteiger partial charge in [-0.25, -0.2) is 4.98 Å². The summed E-state index contributed by atoms with van der Waals surface area (Å²) in [5, 5.41) is 6.20. The van der Waals surface area contributed by atoms with Crippen molar-refractivity contribution in [1.82, 2.24) is 4.98 Å². The molecule has 0 unspecified atom stereocenters. The highest BCUT2D eigenvalue weighted by Crippen LogP contribution is 2.35. The van der Waals surface area contributed by atoms with Crippen LogP contribution >= 0.6 is 11.3 Å². The van der Waals surface area contributed by atoms with Crippen molar-refractivity contribution in [3.63, 3.8) is 0 Å². The molecule has 1 aromatic rings. The van der Waals surface area contributed by atoms with Crippen molar-refractivity contribution in [2.45, 2.75) is 37.7 Å². The average molecular weight is 284 g/mol. The Hall–Kier alpha value is -1.14. The Balaban J connectivity index is 1.79. The van der Waals surface area contributed by atoms with E-state index in [-0.39, 0.29) is 11.6 Å². The third kappa shape index (κ3) is 3.67. The van der Waals surface area contributed by atoms with E-state index in [2.05, 4.69) is 15.0 Å². The third-order valence-corrected chi connectivity index (χ3v) is 4.47. The van der Waals surface area contributed by atoms with Crippen molar-refractivity contribution in [1.29, 1.82) is 0 Å². The molecule has 5 nitrogen and oxygen atoms in total. The quantitative estimate of drug-likeness (QED) is 0.778. The lowest BCUT2D eigenvalue weighted by Crippen LogP contribution is -2.45. The molecule has 1 fully saturated rings. The van der Waals surface area contributed by atoms with Crippen molar-refractivity contribution in [2.75, 3.05) is 26.1 Å². The Kier molecular flexibility index (Phi) is 4.76. The van der Waals surface area contributed by atoms with Crippen molar-refractivity contribution < 1.29 is 14.3 Å². The molecule has 19 heavy (non-hydrogen) atoms. The van der Waals surface area contributed by atoms with E-state index in [4.69, 9.17) is 4.74 Å². The molecule has 1 saturated carbocycles. The van der Waals surface area contributed by atoms with Crippen molar-refractivity contribution in [3.8, 4) is 0 Å². The van der Waals surface area contributed by atoms with Crippen molar-refractivity contribution in [3.05, 3.63) is 11.1 Å². The molecular formula is C13H20N2O3S. The number of rotatable bonds is 7. The zero-order chi connectivity index (χ0) is 13.7. The Morgan fingerprint density at radius 3 is 2.89 bits per heavy atom. The lowest BCUT2D eigenvalue weighted by atomic mass is 9.80. The molecule has 1 N–H and O–H groups in total. The molecule has 0 amide bonds. The molecule has 1 aromatic heterocycles. The molecule has 1 heterocycles. The second-order valence-electron chi connectivity index (χ2n) is 4.81. The summed E-state index contributed by atoms with van der Waals surface area (Å²) in [6.07, 6.45) is 4.45. The van der Waals surface area contributed by atoms with Crippen LogP contribution in [0.1, 0.15) is 31.4 Å². The number of nitrogens with one attached hydrogen (secondary N) is 1. The first-order valence-corrected chi connectivity index (χ1v) is 7.36. The maximum atomic E-state index is 11.1. The molecule has 0 atom stereocenters. The summed E-state index contributed by atoms with van der Waals surface area (Å²) in [4.78, 5) is 15.5. The zero-order valence-electron chi connectivity index (χ0n) is 11.4. The van der Waals surface area contributed by atoms with Gasteiger partial charge in [0.1, 0.15) is 0 Å². The predicted molar refractivity (Wildman–Crippen MR) is 74.5 cm³/mol. The fraction of sp³-hybridized carbons (Fsp3) is 0.692. The van der Waals surface area contributed by atoms with Crippen LogP contribution in [0.5, 0.6) is 0 Å². The normalized spacial score (nSPS) is 16.7. The molecule has 1 aliphatic carbocycles. The predicted octanol–water partition coefficient (Wildman–Crippen LogP) is 2.23. The summed E-state index contributed by atoms with van der Waals surface area (Å²) in [5.41, 5.74) is 0.927. The summed E-state index contributed by atoms with van der Waals surface area (Å²) in [6.45, 7) is 0.799. The number of esters is 1. The Bertz CT molecular complexity index is 424. The van der Waals surface area contributed by atoms with Gasteiger partial charge in [0.25, 0.3) is 0 Å². The summed E-state index contributed by atoms with van der Waals surface area (Å²) >= 11 is 1.56. The molecule has 2 rings (SSSR count). The molecule has 0 saturated heterocycles. The molecule has 1 aliphatic rings. The SMILES string of the molecule is COC(=O)CCc1csc(NCC2(OC)CCC2)n1. The van der Waals surface area contributed by atoms with E-state index in [0.717, 1.165) is 30.2 Å². The topological polar surface area (TPSA) is 60.5 Å². The standard InChI is InChI=1S/C13H20N2O3S/c1-17-11(16)5-4-10-8-19-12(15-10)14-9-13(18-2)6-3-7-13/h8H,3-7,9H2,1-2H3,(H,14,15). The number of hydrogen-bond donors (Lipinski definition) is 1. The Morgan fingerprint density at radius 2 is 2.32 bits per heavy atom. The smallest absolute Gasteiger partial charge is 0.305 e. The molecule has 0 aliphatic heterocycles. The number of carbonyl (C=O) groups excluding carboxylic acids is 1. The number of ether oxygens (including phenoxy) is 2. The highest BCUT2D eigenvalue weighted by atomic mass is 32.1. The number of thiazole rings is 1. The Morgan fingerprint density at radius 1 is 1.53 bits per heavy atom. The highest BCUT2D eigenvalue weighted by molar-refractivity contribution is 7.13. The number of anilines is 1. The van der Waals surface area contributed by atoms with Gasteiger partial charge in [-0.05, 0) is 19.3 Å². The van der Waals surface area contributed by atoms with Gasteiger partial charge in [0.15, 0.2) is 5.13 Å². The number of hydrogen-bond acceptors (Lipinski definition) is 6. The second-order valence-corrected chi connectivity index (χ2v) is 5.67. The van der Waals surface area contributed by atoms with E-state index in [0.29, 0.717) is 12.8 Å². The van der Waals surface area contributed by atoms with Crippen LogP contribution in [0, 0.1) is 0 Å². The monoisotopic (exact) mass is 284 g/mol. The van der Waals surface area contributed by atoms with Gasteiger partial charge in [-0.2, -0.15) is 0 Å². The van der Waals surface area contributed by atoms with Crippen LogP contribution < -0.4 is 5.32 Å². The van der Waals surface area contributed by atoms with E-state index in [1.807, 2.05) is 5.38 Å². The summed E-state index contributed by atoms with van der Waals surface area (Å²) in [5.74, 6) is -0.199. The molecular weight excluding hydrogens is 264 g/mol. The highest BCUT2D eigenvalue weighted by Gasteiger charge is 2.36. The van der Waals surface area contributed by atoms with E-state index >= 15 is 0 Å². The Labute approximate surface area is 117 Å². The van der Waals surface area contributed by atoms with Crippen LogP contribution in [0.2, 0.25) is 0 Å². The second kappa shape index (κ2) is 6.34. The molecule has 0 bridgehead atoms. The first kappa shape index (κ1) is 14.3. The number of aromatic nitrogens is 1. The maximum absolute atomic E-state index is 11.1. The number of aryl methyl sites for hydroxylation is 1. The first-order chi connectivity index (χ1) is 9.17. The van der Waals surface area contributed by atoms with Crippen LogP contribution in [0.4, 0.5) is 5.13 Å². The van der Waals surface area contributed by atoms with E-state index in [1.165, 1.54) is 13.5 Å². The average Bonchev–Trinajstić information content (AvgIpc) is 2.83. The van der Waals surface area contributed by atoms with Gasteiger partial charge in [0.05, 0.1) is 24.8 Å². The number of methoxy groups -OCH3 is 2. The largest absolute Gasteiger partial charge is 0.469 e. The molecule has 0 radical (unpaired) electrons. The fourth-order valence-corrected chi connectivity index (χ4v) is 2.84. The van der Waals surface area contributed by atoms with Gasteiger partial charge in [0, 0.05) is 25.5 Å². The molecule has 6 heteroatoms. The van der Waals surface area contributed by atoms with Crippen molar-refractivity contribution in [2.24, 2.45) is 0 Å². The van der Waals surface area contributed by atoms with Gasteiger partial charge in [-0.1, -0.05) is 0 Å². The summed E-state index contributed by atoms with van der Waals surface area (Å²) < 4.78 is 10.2. The van der Waals surface area contributed by atoms with Gasteiger partial charge in [0.2, 0.25) is 0 Å². The third-order valence-electron chi connectivity index (χ3n) is 3.62. The fourth-order valence-electron chi connectivity index (χ4n) is 2.10. The van der Waals surface area contributed by atoms with Gasteiger partial charge in [-0.15, -0.1) is 11.3 Å². The molecule has 106 valence electrons. The molecule has 0 spiro atoms. The van der Waals surface area contributed by atoms with E-state index in [1.54, 1.807) is 18.4 Å². The van der Waals surface area contributed by atoms with E-state index in [9.17, 15) is 4.79 Å². The van der Waals surface area contributed by atoms with Gasteiger partial charge >= 0.3 is 5.97 Å². The lowest BCUT2D eigenvalue weighted by molar-refractivity contribution is -0.140. The number of carbonyl (C=O) groups is 1. The first-order valence-electron chi connectivity index (χ1n) is 6.48. The van der Waals surface area contributed by atoms with E-state index < -0.39 is 0 Å². The van der Waals surface area contributed by atoms with Gasteiger partial charge < -0.3 is 14.8 Å². The van der Waals surface area contributed by atoms with Gasteiger partial charge in [-0.3, -0.25) is 4.79 Å². The maximum Gasteiger partial charge on any atom is 0.305 e. The van der Waals surface area contributed by atoms with Crippen molar-refractivity contribution >= 4 is 22.4 Å². The van der Waals surface area contributed by atoms with Crippen LogP contribution in [0.15, 0.2) is 5.38 Å². The summed E-state index contributed by atoms with van der Waals surface area (Å²) in [7, 11) is 3.17. The molecule has 0 aromatic carbocycles. The number of nitrogens with zero attached hydrogens (tertiary/aromatic N) is 1. The minimum absolute atomic E-state index is 0.00213. The minimum atomic E-state index is -0.199. The lowest BCUT2D eigenvalue weighted by Gasteiger charge is -2.40.